The van der Waals surface area contributed by atoms with Crippen LogP contribution in [0.4, 0.5) is 5.95 Å². The van der Waals surface area contributed by atoms with Crippen molar-refractivity contribution in [3.63, 3.8) is 0 Å². The smallest absolute Gasteiger partial charge is 0.245 e. The summed E-state index contributed by atoms with van der Waals surface area (Å²) in [4.78, 5) is 6.31. The van der Waals surface area contributed by atoms with Gasteiger partial charge < -0.3 is 15.8 Å². The monoisotopic (exact) mass is 252 g/mol. The van der Waals surface area contributed by atoms with Gasteiger partial charge in [-0.25, -0.2) is 4.98 Å². The minimum Gasteiger partial charge on any atom is -0.409 e. The second-order valence-corrected chi connectivity index (χ2v) is 3.98. The molecular weight excluding hydrogens is 232 g/mol. The summed E-state index contributed by atoms with van der Waals surface area (Å²) in [5.74, 6) is 0.755. The van der Waals surface area contributed by atoms with Crippen LogP contribution in [0.15, 0.2) is 5.16 Å². The number of oxime groups is 1. The van der Waals surface area contributed by atoms with Crippen LogP contribution in [0.3, 0.4) is 0 Å². The molecule has 1 aromatic rings. The van der Waals surface area contributed by atoms with Crippen molar-refractivity contribution in [3.8, 4) is 0 Å². The highest BCUT2D eigenvalue weighted by Crippen LogP contribution is 2.09. The number of aryl methyl sites for hydroxylation is 2. The molecule has 1 aromatic heterocycles. The summed E-state index contributed by atoms with van der Waals surface area (Å²) in [5, 5.41) is 19.7. The van der Waals surface area contributed by atoms with Crippen molar-refractivity contribution < 1.29 is 5.21 Å². The molecule has 0 aromatic carbocycles. The lowest BCUT2D eigenvalue weighted by Gasteiger charge is -2.17. The second kappa shape index (κ2) is 6.73. The maximum absolute atomic E-state index is 8.47. The first kappa shape index (κ1) is 14.1. The number of rotatable bonds is 6. The molecule has 0 unspecified atom stereocenters. The third-order valence-corrected chi connectivity index (χ3v) is 2.67. The van der Waals surface area contributed by atoms with E-state index in [1.54, 1.807) is 0 Å². The van der Waals surface area contributed by atoms with Crippen molar-refractivity contribution in [1.29, 1.82) is 0 Å². The van der Waals surface area contributed by atoms with Gasteiger partial charge in [-0.15, -0.1) is 5.10 Å². The molecule has 0 radical (unpaired) electrons. The normalized spacial score (nSPS) is 11.6. The maximum atomic E-state index is 8.47. The number of anilines is 1. The van der Waals surface area contributed by atoms with Gasteiger partial charge in [-0.3, -0.25) is 0 Å². The minimum absolute atomic E-state index is 0.190. The first-order valence-electron chi connectivity index (χ1n) is 6.02. The van der Waals surface area contributed by atoms with Crippen molar-refractivity contribution in [2.75, 3.05) is 18.5 Å². The Bertz CT molecular complexity index is 420. The summed E-state index contributed by atoms with van der Waals surface area (Å²) < 4.78 is 0. The first-order valence-corrected chi connectivity index (χ1v) is 6.02. The van der Waals surface area contributed by atoms with Crippen molar-refractivity contribution in [2.45, 2.75) is 33.1 Å². The topological polar surface area (TPSA) is 101 Å². The Balaban J connectivity index is 2.77. The molecule has 0 amide bonds. The van der Waals surface area contributed by atoms with E-state index < -0.39 is 0 Å². The zero-order valence-electron chi connectivity index (χ0n) is 11.1. The fraction of sp³-hybridized carbons (Fsp3) is 0.636. The SMILES string of the molecule is CCc1nnc(N(C)CCC(N)=NO)nc1CC. The molecule has 0 atom stereocenters. The summed E-state index contributed by atoms with van der Waals surface area (Å²) in [5.41, 5.74) is 7.32. The molecule has 100 valence electrons. The number of nitrogens with zero attached hydrogens (tertiary/aromatic N) is 5. The van der Waals surface area contributed by atoms with Crippen molar-refractivity contribution >= 4 is 11.8 Å². The highest BCUT2D eigenvalue weighted by atomic mass is 16.4. The molecule has 7 heteroatoms. The highest BCUT2D eigenvalue weighted by molar-refractivity contribution is 5.80. The lowest BCUT2D eigenvalue weighted by molar-refractivity contribution is 0.317. The summed E-state index contributed by atoms with van der Waals surface area (Å²) in [6.45, 7) is 4.65. The Labute approximate surface area is 107 Å². The molecule has 1 rings (SSSR count). The lowest BCUT2D eigenvalue weighted by Crippen LogP contribution is -2.26. The van der Waals surface area contributed by atoms with Gasteiger partial charge in [0.1, 0.15) is 5.84 Å². The fourth-order valence-electron chi connectivity index (χ4n) is 1.52. The van der Waals surface area contributed by atoms with E-state index in [2.05, 4.69) is 20.3 Å². The molecule has 7 nitrogen and oxygen atoms in total. The second-order valence-electron chi connectivity index (χ2n) is 3.98. The third kappa shape index (κ3) is 3.54. The van der Waals surface area contributed by atoms with E-state index in [0.717, 1.165) is 24.2 Å². The number of amidine groups is 1. The average Bonchev–Trinajstić information content (AvgIpc) is 2.43. The quantitative estimate of drug-likeness (QED) is 0.332. The first-order chi connectivity index (χ1) is 8.62. The molecule has 0 spiro atoms. The molecular formula is C11H20N6O. The molecule has 0 fully saturated rings. The summed E-state index contributed by atoms with van der Waals surface area (Å²) in [6.07, 6.45) is 2.12. The van der Waals surface area contributed by atoms with Crippen LogP contribution in [0.1, 0.15) is 31.7 Å². The number of aromatic nitrogens is 3. The molecule has 0 aliphatic rings. The molecule has 1 heterocycles. The Morgan fingerprint density at radius 2 is 1.94 bits per heavy atom. The van der Waals surface area contributed by atoms with Gasteiger partial charge in [0.25, 0.3) is 0 Å². The highest BCUT2D eigenvalue weighted by Gasteiger charge is 2.10. The van der Waals surface area contributed by atoms with E-state index in [1.807, 2.05) is 25.8 Å². The predicted octanol–water partition coefficient (Wildman–Crippen LogP) is 0.569. The van der Waals surface area contributed by atoms with Crippen molar-refractivity contribution in [2.24, 2.45) is 10.9 Å². The molecule has 0 saturated carbocycles. The number of nitrogens with two attached hydrogens (primary N) is 1. The van der Waals surface area contributed by atoms with Gasteiger partial charge in [0, 0.05) is 20.0 Å². The van der Waals surface area contributed by atoms with E-state index in [0.29, 0.717) is 18.9 Å². The lowest BCUT2D eigenvalue weighted by atomic mass is 10.2. The van der Waals surface area contributed by atoms with E-state index >= 15 is 0 Å². The fourth-order valence-corrected chi connectivity index (χ4v) is 1.52. The number of hydrogen-bond acceptors (Lipinski definition) is 6. The van der Waals surface area contributed by atoms with Crippen LogP contribution in [0, 0.1) is 0 Å². The largest absolute Gasteiger partial charge is 0.409 e. The van der Waals surface area contributed by atoms with E-state index in [-0.39, 0.29) is 5.84 Å². The summed E-state index contributed by atoms with van der Waals surface area (Å²) in [6, 6.07) is 0. The van der Waals surface area contributed by atoms with Gasteiger partial charge in [-0.2, -0.15) is 5.10 Å². The predicted molar refractivity (Wildman–Crippen MR) is 69.9 cm³/mol. The van der Waals surface area contributed by atoms with E-state index in [1.165, 1.54) is 0 Å². The zero-order valence-corrected chi connectivity index (χ0v) is 11.1. The van der Waals surface area contributed by atoms with Crippen LogP contribution in [-0.2, 0) is 12.8 Å². The molecule has 0 aliphatic heterocycles. The van der Waals surface area contributed by atoms with Crippen LogP contribution < -0.4 is 10.6 Å². The van der Waals surface area contributed by atoms with E-state index in [4.69, 9.17) is 10.9 Å². The average molecular weight is 252 g/mol. The minimum atomic E-state index is 0.190. The van der Waals surface area contributed by atoms with Gasteiger partial charge >= 0.3 is 0 Å². The molecule has 18 heavy (non-hydrogen) atoms. The van der Waals surface area contributed by atoms with Crippen LogP contribution in [0.25, 0.3) is 0 Å². The molecule has 0 aliphatic carbocycles. The Kier molecular flexibility index (Phi) is 5.29. The van der Waals surface area contributed by atoms with Gasteiger partial charge in [-0.1, -0.05) is 19.0 Å². The standard InChI is InChI=1S/C11H20N6O/c1-4-8-9(5-2)14-15-11(13-8)17(3)7-6-10(12)16-18/h18H,4-7H2,1-3H3,(H2,12,16). The Morgan fingerprint density at radius 1 is 1.28 bits per heavy atom. The van der Waals surface area contributed by atoms with E-state index in [9.17, 15) is 0 Å². The Morgan fingerprint density at radius 3 is 2.50 bits per heavy atom. The van der Waals surface area contributed by atoms with Crippen LogP contribution in [0.2, 0.25) is 0 Å². The summed E-state index contributed by atoms with van der Waals surface area (Å²) >= 11 is 0. The van der Waals surface area contributed by atoms with Crippen LogP contribution >= 0.6 is 0 Å². The Hall–Kier alpha value is -1.92. The number of hydrogen-bond donors (Lipinski definition) is 2. The van der Waals surface area contributed by atoms with Gasteiger partial charge in [-0.05, 0) is 12.8 Å². The maximum Gasteiger partial charge on any atom is 0.245 e. The van der Waals surface area contributed by atoms with Crippen molar-refractivity contribution in [3.05, 3.63) is 11.4 Å². The zero-order chi connectivity index (χ0) is 13.5. The van der Waals surface area contributed by atoms with Crippen LogP contribution in [-0.4, -0.2) is 39.8 Å². The molecule has 0 saturated heterocycles. The van der Waals surface area contributed by atoms with Crippen molar-refractivity contribution in [1.82, 2.24) is 15.2 Å². The molecule has 0 bridgehead atoms. The van der Waals surface area contributed by atoms with Gasteiger partial charge in [0.2, 0.25) is 5.95 Å². The molecule has 3 N–H and O–H groups in total. The van der Waals surface area contributed by atoms with Crippen LogP contribution in [0.5, 0.6) is 0 Å². The van der Waals surface area contributed by atoms with Gasteiger partial charge in [0.05, 0.1) is 11.4 Å². The third-order valence-electron chi connectivity index (χ3n) is 2.67. The summed E-state index contributed by atoms with van der Waals surface area (Å²) in [7, 11) is 1.85. The van der Waals surface area contributed by atoms with Gasteiger partial charge in [0.15, 0.2) is 0 Å².